The van der Waals surface area contributed by atoms with E-state index in [0.717, 1.165) is 5.56 Å². The molecular weight excluding hydrogens is 286 g/mol. The average molecular weight is 302 g/mol. The smallest absolute Gasteiger partial charge is 0.234 e. The molecule has 0 saturated carbocycles. The molecule has 0 bridgehead atoms. The fourth-order valence-electron chi connectivity index (χ4n) is 1.40. The maximum absolute atomic E-state index is 11.7. The second-order valence-electron chi connectivity index (χ2n) is 4.04. The van der Waals surface area contributed by atoms with Gasteiger partial charge in [-0.15, -0.1) is 11.8 Å². The number of hydrogen-bond acceptors (Lipinski definition) is 4. The largest absolute Gasteiger partial charge is 0.495 e. The molecule has 1 aromatic rings. The quantitative estimate of drug-likeness (QED) is 0.878. The molecule has 1 rings (SSSR count). The van der Waals surface area contributed by atoms with Crippen LogP contribution in [-0.4, -0.2) is 30.3 Å². The summed E-state index contributed by atoms with van der Waals surface area (Å²) in [6, 6.07) is 3.42. The van der Waals surface area contributed by atoms with Crippen LogP contribution in [0.2, 0.25) is 5.02 Å². The normalized spacial score (nSPS) is 10.1. The van der Waals surface area contributed by atoms with E-state index in [2.05, 4.69) is 5.32 Å². The van der Waals surface area contributed by atoms with Crippen molar-refractivity contribution < 1.29 is 14.3 Å². The minimum absolute atomic E-state index is 0.0534. The first kappa shape index (κ1) is 15.9. The summed E-state index contributed by atoms with van der Waals surface area (Å²) in [5.74, 6) is 0.957. The van der Waals surface area contributed by atoms with E-state index in [4.69, 9.17) is 16.3 Å². The first-order valence-electron chi connectivity index (χ1n) is 5.65. The van der Waals surface area contributed by atoms with E-state index < -0.39 is 0 Å². The van der Waals surface area contributed by atoms with E-state index in [1.807, 2.05) is 6.92 Å². The van der Waals surface area contributed by atoms with Gasteiger partial charge in [0.25, 0.3) is 0 Å². The van der Waals surface area contributed by atoms with Gasteiger partial charge in [0.1, 0.15) is 11.5 Å². The average Bonchev–Trinajstić information content (AvgIpc) is 2.33. The number of anilines is 1. The molecule has 0 aromatic heterocycles. The molecule has 0 aliphatic rings. The molecule has 0 fully saturated rings. The molecule has 0 aliphatic carbocycles. The third-order valence-corrected chi connectivity index (χ3v) is 3.78. The van der Waals surface area contributed by atoms with E-state index in [9.17, 15) is 9.59 Å². The lowest BCUT2D eigenvalue weighted by molar-refractivity contribution is -0.114. The summed E-state index contributed by atoms with van der Waals surface area (Å²) in [7, 11) is 1.52. The van der Waals surface area contributed by atoms with Crippen LogP contribution in [0.3, 0.4) is 0 Å². The predicted molar refractivity (Wildman–Crippen MR) is 79.4 cm³/mol. The number of carbonyl (C=O) groups excluding carboxylic acids is 2. The predicted octanol–water partition coefficient (Wildman–Crippen LogP) is 2.92. The van der Waals surface area contributed by atoms with Gasteiger partial charge in [0, 0.05) is 11.1 Å². The molecule has 1 N–H and O–H groups in total. The molecule has 0 aliphatic heterocycles. The van der Waals surface area contributed by atoms with Crippen molar-refractivity contribution in [3.05, 3.63) is 22.7 Å². The molecule has 19 heavy (non-hydrogen) atoms. The highest BCUT2D eigenvalue weighted by atomic mass is 35.5. The zero-order valence-corrected chi connectivity index (χ0v) is 12.7. The zero-order valence-electron chi connectivity index (χ0n) is 11.1. The monoisotopic (exact) mass is 301 g/mol. The Morgan fingerprint density at radius 2 is 2.05 bits per heavy atom. The first-order chi connectivity index (χ1) is 8.93. The molecule has 0 spiro atoms. The van der Waals surface area contributed by atoms with Crippen LogP contribution >= 0.6 is 23.4 Å². The molecule has 0 atom stereocenters. The van der Waals surface area contributed by atoms with Crippen LogP contribution in [0.5, 0.6) is 5.75 Å². The number of ketones is 1. The standard InChI is InChI=1S/C13H16ClNO3S/c1-8-4-11(12(18-3)5-10(8)14)15-13(17)7-19-6-9(2)16/h4-5H,6-7H2,1-3H3,(H,15,17). The van der Waals surface area contributed by atoms with Gasteiger partial charge in [-0.05, 0) is 25.5 Å². The Morgan fingerprint density at radius 1 is 1.37 bits per heavy atom. The number of nitrogens with one attached hydrogen (secondary N) is 1. The van der Waals surface area contributed by atoms with Crippen molar-refractivity contribution in [2.24, 2.45) is 0 Å². The summed E-state index contributed by atoms with van der Waals surface area (Å²) in [6.07, 6.45) is 0. The fraction of sp³-hybridized carbons (Fsp3) is 0.385. The Bertz CT molecular complexity index is 491. The number of amides is 1. The van der Waals surface area contributed by atoms with Gasteiger partial charge in [0.15, 0.2) is 0 Å². The van der Waals surface area contributed by atoms with E-state index in [1.54, 1.807) is 12.1 Å². The summed E-state index contributed by atoms with van der Waals surface area (Å²) >= 11 is 7.27. The van der Waals surface area contributed by atoms with Crippen molar-refractivity contribution in [3.8, 4) is 5.75 Å². The van der Waals surface area contributed by atoms with Crippen LogP contribution in [0.25, 0.3) is 0 Å². The van der Waals surface area contributed by atoms with Crippen LogP contribution in [0.1, 0.15) is 12.5 Å². The molecule has 0 unspecified atom stereocenters. The lowest BCUT2D eigenvalue weighted by Crippen LogP contribution is -2.15. The van der Waals surface area contributed by atoms with E-state index in [1.165, 1.54) is 25.8 Å². The molecular formula is C13H16ClNO3S. The number of halogens is 1. The van der Waals surface area contributed by atoms with E-state index in [-0.39, 0.29) is 17.4 Å². The van der Waals surface area contributed by atoms with Gasteiger partial charge < -0.3 is 10.1 Å². The van der Waals surface area contributed by atoms with E-state index in [0.29, 0.717) is 22.2 Å². The second-order valence-corrected chi connectivity index (χ2v) is 5.44. The van der Waals surface area contributed by atoms with Gasteiger partial charge in [-0.25, -0.2) is 0 Å². The highest BCUT2D eigenvalue weighted by Gasteiger charge is 2.10. The molecule has 0 heterocycles. The molecule has 0 radical (unpaired) electrons. The number of Topliss-reactive ketones (excluding diaryl/α,β-unsaturated/α-hetero) is 1. The highest BCUT2D eigenvalue weighted by Crippen LogP contribution is 2.30. The van der Waals surface area contributed by atoms with Gasteiger partial charge in [0.2, 0.25) is 5.91 Å². The Kier molecular flexibility index (Phi) is 6.18. The first-order valence-corrected chi connectivity index (χ1v) is 7.18. The topological polar surface area (TPSA) is 55.4 Å². The lowest BCUT2D eigenvalue weighted by Gasteiger charge is -2.12. The number of carbonyl (C=O) groups is 2. The van der Waals surface area contributed by atoms with Gasteiger partial charge >= 0.3 is 0 Å². The number of rotatable bonds is 6. The second kappa shape index (κ2) is 7.40. The molecule has 104 valence electrons. The molecule has 1 aromatic carbocycles. The maximum atomic E-state index is 11.7. The number of hydrogen-bond donors (Lipinski definition) is 1. The van der Waals surface area contributed by atoms with Crippen molar-refractivity contribution in [2.75, 3.05) is 23.9 Å². The summed E-state index contributed by atoms with van der Waals surface area (Å²) in [5.41, 5.74) is 1.44. The highest BCUT2D eigenvalue weighted by molar-refractivity contribution is 8.00. The Morgan fingerprint density at radius 3 is 2.63 bits per heavy atom. The van der Waals surface area contributed by atoms with Gasteiger partial charge in [-0.1, -0.05) is 11.6 Å². The number of ether oxygens (including phenoxy) is 1. The van der Waals surface area contributed by atoms with Crippen LogP contribution in [0.4, 0.5) is 5.69 Å². The Balaban J connectivity index is 2.68. The zero-order chi connectivity index (χ0) is 14.4. The third-order valence-electron chi connectivity index (χ3n) is 2.29. The van der Waals surface area contributed by atoms with Gasteiger partial charge in [0.05, 0.1) is 24.3 Å². The van der Waals surface area contributed by atoms with Crippen molar-refractivity contribution in [3.63, 3.8) is 0 Å². The molecule has 4 nitrogen and oxygen atoms in total. The summed E-state index contributed by atoms with van der Waals surface area (Å²) in [6.45, 7) is 3.35. The van der Waals surface area contributed by atoms with Crippen LogP contribution < -0.4 is 10.1 Å². The number of benzene rings is 1. The van der Waals surface area contributed by atoms with Crippen molar-refractivity contribution >= 4 is 40.7 Å². The van der Waals surface area contributed by atoms with Crippen molar-refractivity contribution in [1.82, 2.24) is 0 Å². The third kappa shape index (κ3) is 5.12. The number of thioether (sulfide) groups is 1. The Hall–Kier alpha value is -1.20. The summed E-state index contributed by atoms with van der Waals surface area (Å²) in [5, 5.41) is 3.33. The minimum Gasteiger partial charge on any atom is -0.495 e. The van der Waals surface area contributed by atoms with E-state index >= 15 is 0 Å². The SMILES string of the molecule is COc1cc(Cl)c(C)cc1NC(=O)CSCC(C)=O. The molecule has 6 heteroatoms. The molecule has 0 saturated heterocycles. The van der Waals surface area contributed by atoms with Crippen LogP contribution in [0, 0.1) is 6.92 Å². The van der Waals surface area contributed by atoms with Crippen LogP contribution in [-0.2, 0) is 9.59 Å². The van der Waals surface area contributed by atoms with Crippen molar-refractivity contribution in [1.29, 1.82) is 0 Å². The van der Waals surface area contributed by atoms with Crippen LogP contribution in [0.15, 0.2) is 12.1 Å². The van der Waals surface area contributed by atoms with Gasteiger partial charge in [-0.3, -0.25) is 9.59 Å². The lowest BCUT2D eigenvalue weighted by atomic mass is 10.2. The Labute approximate surface area is 121 Å². The summed E-state index contributed by atoms with van der Waals surface area (Å²) < 4.78 is 5.16. The van der Waals surface area contributed by atoms with Crippen molar-refractivity contribution in [2.45, 2.75) is 13.8 Å². The molecule has 1 amide bonds. The minimum atomic E-state index is -0.175. The fourth-order valence-corrected chi connectivity index (χ4v) is 2.20. The summed E-state index contributed by atoms with van der Waals surface area (Å²) in [4.78, 5) is 22.5. The number of aryl methyl sites for hydroxylation is 1. The van der Waals surface area contributed by atoms with Gasteiger partial charge in [-0.2, -0.15) is 0 Å². The maximum Gasteiger partial charge on any atom is 0.234 e. The number of methoxy groups -OCH3 is 1.